The third kappa shape index (κ3) is 5.78. The molecule has 3 aromatic carbocycles. The molecule has 6 heteroatoms. The lowest BCUT2D eigenvalue weighted by Crippen LogP contribution is -1.94. The largest absolute Gasteiger partial charge is 0.497 e. The quantitative estimate of drug-likeness (QED) is 0.170. The highest BCUT2D eigenvalue weighted by molar-refractivity contribution is 7.98. The average Bonchev–Trinajstić information content (AvgIpc) is 2.81. The molecule has 0 amide bonds. The van der Waals surface area contributed by atoms with Gasteiger partial charge < -0.3 is 9.57 Å². The van der Waals surface area contributed by atoms with Crippen molar-refractivity contribution in [2.45, 2.75) is 17.4 Å². The Balaban J connectivity index is 1.49. The second-order valence-corrected chi connectivity index (χ2v) is 8.25. The van der Waals surface area contributed by atoms with Gasteiger partial charge in [0.1, 0.15) is 17.4 Å². The van der Waals surface area contributed by atoms with Gasteiger partial charge in [0.05, 0.1) is 18.8 Å². The van der Waals surface area contributed by atoms with Crippen molar-refractivity contribution in [2.75, 3.05) is 7.11 Å². The van der Waals surface area contributed by atoms with Crippen molar-refractivity contribution >= 4 is 40.5 Å². The zero-order chi connectivity index (χ0) is 21.5. The van der Waals surface area contributed by atoms with Crippen LogP contribution in [-0.2, 0) is 17.2 Å². The van der Waals surface area contributed by atoms with Crippen LogP contribution in [0.5, 0.6) is 5.75 Å². The molecule has 31 heavy (non-hydrogen) atoms. The first kappa shape index (κ1) is 21.2. The second-order valence-electron chi connectivity index (χ2n) is 6.85. The molecule has 0 saturated carbocycles. The first-order valence-electron chi connectivity index (χ1n) is 9.76. The van der Waals surface area contributed by atoms with Gasteiger partial charge in [-0.1, -0.05) is 59.2 Å². The SMILES string of the molecule is COc1ccc(CON=Cc2cc3ccccc3nc2SCc2ccc(Cl)cc2)cc1. The molecule has 1 aromatic heterocycles. The highest BCUT2D eigenvalue weighted by Crippen LogP contribution is 2.27. The van der Waals surface area contributed by atoms with Crippen LogP contribution in [0.3, 0.4) is 0 Å². The van der Waals surface area contributed by atoms with E-state index in [1.807, 2.05) is 72.8 Å². The number of pyridine rings is 1. The first-order valence-corrected chi connectivity index (χ1v) is 11.1. The molecule has 0 radical (unpaired) electrons. The van der Waals surface area contributed by atoms with E-state index in [0.717, 1.165) is 43.6 Å². The number of nitrogens with zero attached hydrogens (tertiary/aromatic N) is 2. The fourth-order valence-corrected chi connectivity index (χ4v) is 4.05. The molecule has 0 saturated heterocycles. The number of hydrogen-bond acceptors (Lipinski definition) is 5. The summed E-state index contributed by atoms with van der Waals surface area (Å²) in [5.74, 6) is 1.60. The van der Waals surface area contributed by atoms with Crippen LogP contribution >= 0.6 is 23.4 Å². The molecule has 1 heterocycles. The van der Waals surface area contributed by atoms with Crippen molar-refractivity contribution in [1.29, 1.82) is 0 Å². The second kappa shape index (κ2) is 10.3. The number of rotatable bonds is 8. The number of fused-ring (bicyclic) bond motifs is 1. The van der Waals surface area contributed by atoms with Crippen molar-refractivity contribution in [3.63, 3.8) is 0 Å². The van der Waals surface area contributed by atoms with E-state index in [2.05, 4.69) is 11.2 Å². The van der Waals surface area contributed by atoms with Crippen LogP contribution in [0.4, 0.5) is 0 Å². The Kier molecular flexibility index (Phi) is 7.07. The summed E-state index contributed by atoms with van der Waals surface area (Å²) < 4.78 is 5.18. The Hall–Kier alpha value is -3.02. The molecular weight excluding hydrogens is 428 g/mol. The van der Waals surface area contributed by atoms with Gasteiger partial charge in [0.25, 0.3) is 0 Å². The van der Waals surface area contributed by atoms with Gasteiger partial charge in [-0.15, -0.1) is 11.8 Å². The van der Waals surface area contributed by atoms with E-state index in [0.29, 0.717) is 6.61 Å². The van der Waals surface area contributed by atoms with Crippen molar-refractivity contribution in [1.82, 2.24) is 4.98 Å². The minimum absolute atomic E-state index is 0.384. The van der Waals surface area contributed by atoms with Crippen LogP contribution in [0.25, 0.3) is 10.9 Å². The monoisotopic (exact) mass is 448 g/mol. The van der Waals surface area contributed by atoms with E-state index in [-0.39, 0.29) is 0 Å². The maximum Gasteiger partial charge on any atom is 0.142 e. The molecule has 0 aliphatic rings. The van der Waals surface area contributed by atoms with Gasteiger partial charge in [-0.2, -0.15) is 0 Å². The van der Waals surface area contributed by atoms with Crippen LogP contribution < -0.4 is 4.74 Å². The van der Waals surface area contributed by atoms with Crippen molar-refractivity contribution in [3.8, 4) is 5.75 Å². The number of thioether (sulfide) groups is 1. The summed E-state index contributed by atoms with van der Waals surface area (Å²) in [5, 5.41) is 6.89. The lowest BCUT2D eigenvalue weighted by molar-refractivity contribution is 0.132. The average molecular weight is 449 g/mol. The van der Waals surface area contributed by atoms with Crippen LogP contribution in [0.1, 0.15) is 16.7 Å². The topological polar surface area (TPSA) is 43.7 Å². The van der Waals surface area contributed by atoms with Crippen molar-refractivity contribution < 1.29 is 9.57 Å². The first-order chi connectivity index (χ1) is 15.2. The van der Waals surface area contributed by atoms with E-state index in [1.54, 1.807) is 25.1 Å². The van der Waals surface area contributed by atoms with Gasteiger partial charge in [-0.3, -0.25) is 0 Å². The molecule has 0 fully saturated rings. The van der Waals surface area contributed by atoms with Crippen molar-refractivity contribution in [2.24, 2.45) is 5.16 Å². The van der Waals surface area contributed by atoms with Crippen LogP contribution in [-0.4, -0.2) is 18.3 Å². The summed E-state index contributed by atoms with van der Waals surface area (Å²) in [7, 11) is 1.65. The fourth-order valence-electron chi connectivity index (χ4n) is 2.98. The van der Waals surface area contributed by atoms with E-state index in [4.69, 9.17) is 26.2 Å². The maximum atomic E-state index is 5.99. The number of oxime groups is 1. The summed E-state index contributed by atoms with van der Waals surface area (Å²) in [6.45, 7) is 0.384. The summed E-state index contributed by atoms with van der Waals surface area (Å²) in [5.41, 5.74) is 4.08. The number of benzene rings is 3. The van der Waals surface area contributed by atoms with Crippen LogP contribution in [0.15, 0.2) is 89.0 Å². The van der Waals surface area contributed by atoms with E-state index < -0.39 is 0 Å². The van der Waals surface area contributed by atoms with E-state index in [1.165, 1.54) is 5.56 Å². The molecule has 4 aromatic rings. The Morgan fingerprint density at radius 2 is 1.71 bits per heavy atom. The molecule has 0 atom stereocenters. The van der Waals surface area contributed by atoms with Gasteiger partial charge in [0.15, 0.2) is 0 Å². The number of aromatic nitrogens is 1. The normalized spacial score (nSPS) is 11.2. The number of para-hydroxylation sites is 1. The third-order valence-corrected chi connectivity index (χ3v) is 5.99. The zero-order valence-electron chi connectivity index (χ0n) is 17.0. The van der Waals surface area contributed by atoms with Gasteiger partial charge in [0.2, 0.25) is 0 Å². The number of methoxy groups -OCH3 is 1. The van der Waals surface area contributed by atoms with Gasteiger partial charge in [0, 0.05) is 21.7 Å². The van der Waals surface area contributed by atoms with E-state index >= 15 is 0 Å². The predicted molar refractivity (Wildman–Crippen MR) is 128 cm³/mol. The molecule has 0 N–H and O–H groups in total. The zero-order valence-corrected chi connectivity index (χ0v) is 18.6. The van der Waals surface area contributed by atoms with Gasteiger partial charge in [-0.05, 0) is 47.5 Å². The molecule has 4 nitrogen and oxygen atoms in total. The minimum atomic E-state index is 0.384. The highest BCUT2D eigenvalue weighted by atomic mass is 35.5. The molecule has 0 spiro atoms. The summed E-state index contributed by atoms with van der Waals surface area (Å²) in [6.07, 6.45) is 1.73. The molecule has 0 bridgehead atoms. The van der Waals surface area contributed by atoms with E-state index in [9.17, 15) is 0 Å². The van der Waals surface area contributed by atoms with Crippen LogP contribution in [0.2, 0.25) is 5.02 Å². The number of halogens is 1. The molecular formula is C25H21ClN2O2S. The van der Waals surface area contributed by atoms with Gasteiger partial charge in [-0.25, -0.2) is 4.98 Å². The lowest BCUT2D eigenvalue weighted by Gasteiger charge is -2.08. The van der Waals surface area contributed by atoms with Crippen LogP contribution in [0, 0.1) is 0 Å². The summed E-state index contributed by atoms with van der Waals surface area (Å²) in [6, 6.07) is 25.7. The fraction of sp³-hybridized carbons (Fsp3) is 0.120. The van der Waals surface area contributed by atoms with Gasteiger partial charge >= 0.3 is 0 Å². The molecule has 0 aliphatic heterocycles. The standard InChI is InChI=1S/C25H21ClN2O2S/c1-29-23-12-8-18(9-13-23)16-30-27-15-21-14-20-4-2-3-5-24(20)28-25(21)31-17-19-6-10-22(26)11-7-19/h2-15H,16-17H2,1H3. The lowest BCUT2D eigenvalue weighted by atomic mass is 10.2. The third-order valence-electron chi connectivity index (χ3n) is 4.66. The molecule has 4 rings (SSSR count). The number of hydrogen-bond donors (Lipinski definition) is 0. The summed E-state index contributed by atoms with van der Waals surface area (Å²) in [4.78, 5) is 10.4. The summed E-state index contributed by atoms with van der Waals surface area (Å²) >= 11 is 7.66. The molecule has 0 unspecified atom stereocenters. The van der Waals surface area contributed by atoms with Crippen molar-refractivity contribution in [3.05, 3.63) is 101 Å². The Labute approximate surface area is 190 Å². The Bertz CT molecular complexity index is 1180. The molecule has 0 aliphatic carbocycles. The Morgan fingerprint density at radius 1 is 0.968 bits per heavy atom. The predicted octanol–water partition coefficient (Wildman–Crippen LogP) is 6.74. The smallest absolute Gasteiger partial charge is 0.142 e. The Morgan fingerprint density at radius 3 is 2.48 bits per heavy atom. The number of ether oxygens (including phenoxy) is 1. The minimum Gasteiger partial charge on any atom is -0.497 e. The maximum absolute atomic E-state index is 5.99. The highest BCUT2D eigenvalue weighted by Gasteiger charge is 2.07. The molecule has 156 valence electrons.